The standard InChI is InChI=1S/C8H14O4/c1-8(10,7(9)11-2)6-3-4-12-5-6/h6,10H,3-5H2,1-2H3. The van der Waals surface area contributed by atoms with Crippen molar-refractivity contribution in [2.24, 2.45) is 5.92 Å². The van der Waals surface area contributed by atoms with E-state index < -0.39 is 11.6 Å². The van der Waals surface area contributed by atoms with E-state index in [1.165, 1.54) is 14.0 Å². The van der Waals surface area contributed by atoms with Crippen molar-refractivity contribution in [1.29, 1.82) is 0 Å². The van der Waals surface area contributed by atoms with Crippen LogP contribution in [0.4, 0.5) is 0 Å². The largest absolute Gasteiger partial charge is 0.467 e. The number of hydrogen-bond acceptors (Lipinski definition) is 4. The molecule has 0 spiro atoms. The van der Waals surface area contributed by atoms with Gasteiger partial charge < -0.3 is 14.6 Å². The highest BCUT2D eigenvalue weighted by atomic mass is 16.5. The van der Waals surface area contributed by atoms with Crippen molar-refractivity contribution >= 4 is 5.97 Å². The first-order valence-electron chi connectivity index (χ1n) is 3.97. The number of aliphatic hydroxyl groups is 1. The van der Waals surface area contributed by atoms with E-state index >= 15 is 0 Å². The summed E-state index contributed by atoms with van der Waals surface area (Å²) in [5.74, 6) is -0.719. The highest BCUT2D eigenvalue weighted by molar-refractivity contribution is 5.79. The summed E-state index contributed by atoms with van der Waals surface area (Å²) in [5, 5.41) is 9.73. The lowest BCUT2D eigenvalue weighted by Crippen LogP contribution is -2.44. The highest BCUT2D eigenvalue weighted by Gasteiger charge is 2.42. The minimum atomic E-state index is -1.40. The first-order chi connectivity index (χ1) is 5.59. The number of esters is 1. The number of carbonyl (C=O) groups is 1. The van der Waals surface area contributed by atoms with Gasteiger partial charge in [0.05, 0.1) is 13.7 Å². The van der Waals surface area contributed by atoms with Gasteiger partial charge in [0.15, 0.2) is 5.60 Å². The van der Waals surface area contributed by atoms with Gasteiger partial charge in [0.2, 0.25) is 0 Å². The van der Waals surface area contributed by atoms with Crippen LogP contribution in [0.3, 0.4) is 0 Å². The van der Waals surface area contributed by atoms with Gasteiger partial charge in [0.1, 0.15) is 0 Å². The maximum Gasteiger partial charge on any atom is 0.337 e. The van der Waals surface area contributed by atoms with Gasteiger partial charge in [-0.3, -0.25) is 0 Å². The minimum absolute atomic E-state index is 0.134. The Morgan fingerprint density at radius 1 is 1.75 bits per heavy atom. The van der Waals surface area contributed by atoms with Crippen LogP contribution < -0.4 is 0 Å². The Morgan fingerprint density at radius 3 is 2.83 bits per heavy atom. The Bertz CT molecular complexity index is 170. The van der Waals surface area contributed by atoms with Gasteiger partial charge in [-0.05, 0) is 13.3 Å². The second-order valence-electron chi connectivity index (χ2n) is 3.20. The maximum absolute atomic E-state index is 11.1. The van der Waals surface area contributed by atoms with Crippen LogP contribution in [0.15, 0.2) is 0 Å². The maximum atomic E-state index is 11.1. The average Bonchev–Trinajstić information content (AvgIpc) is 2.55. The molecule has 0 radical (unpaired) electrons. The van der Waals surface area contributed by atoms with Gasteiger partial charge in [-0.2, -0.15) is 0 Å². The SMILES string of the molecule is COC(=O)C(C)(O)C1CCOC1. The molecule has 0 amide bonds. The van der Waals surface area contributed by atoms with Crippen LogP contribution in [0.2, 0.25) is 0 Å². The fraction of sp³-hybridized carbons (Fsp3) is 0.875. The smallest absolute Gasteiger partial charge is 0.337 e. The molecule has 2 atom stereocenters. The van der Waals surface area contributed by atoms with E-state index in [2.05, 4.69) is 4.74 Å². The first-order valence-corrected chi connectivity index (χ1v) is 3.97. The highest BCUT2D eigenvalue weighted by Crippen LogP contribution is 2.26. The molecular formula is C8H14O4. The van der Waals surface area contributed by atoms with Crippen LogP contribution in [0.25, 0.3) is 0 Å². The van der Waals surface area contributed by atoms with E-state index in [0.29, 0.717) is 19.6 Å². The second kappa shape index (κ2) is 3.41. The third-order valence-electron chi connectivity index (χ3n) is 2.32. The zero-order valence-corrected chi connectivity index (χ0v) is 7.37. The van der Waals surface area contributed by atoms with Crippen molar-refractivity contribution in [3.05, 3.63) is 0 Å². The van der Waals surface area contributed by atoms with E-state index in [1.54, 1.807) is 0 Å². The molecule has 0 aliphatic carbocycles. The lowest BCUT2D eigenvalue weighted by Gasteiger charge is -2.25. The summed E-state index contributed by atoms with van der Waals surface area (Å²) in [7, 11) is 1.27. The predicted molar refractivity (Wildman–Crippen MR) is 41.6 cm³/mol. The van der Waals surface area contributed by atoms with Crippen LogP contribution in [0, 0.1) is 5.92 Å². The van der Waals surface area contributed by atoms with Crippen LogP contribution in [0.1, 0.15) is 13.3 Å². The summed E-state index contributed by atoms with van der Waals surface area (Å²) in [4.78, 5) is 11.1. The van der Waals surface area contributed by atoms with Gasteiger partial charge in [-0.1, -0.05) is 0 Å². The van der Waals surface area contributed by atoms with E-state index in [-0.39, 0.29) is 5.92 Å². The van der Waals surface area contributed by atoms with Crippen LogP contribution in [0.5, 0.6) is 0 Å². The quantitative estimate of drug-likeness (QED) is 0.596. The molecule has 0 bridgehead atoms. The van der Waals surface area contributed by atoms with Crippen molar-refractivity contribution in [3.8, 4) is 0 Å². The number of hydrogen-bond donors (Lipinski definition) is 1. The van der Waals surface area contributed by atoms with E-state index in [9.17, 15) is 9.90 Å². The Balaban J connectivity index is 2.62. The van der Waals surface area contributed by atoms with E-state index in [1.807, 2.05) is 0 Å². The molecular weight excluding hydrogens is 160 g/mol. The molecule has 12 heavy (non-hydrogen) atoms. The lowest BCUT2D eigenvalue weighted by atomic mass is 9.89. The topological polar surface area (TPSA) is 55.8 Å². The van der Waals surface area contributed by atoms with Crippen molar-refractivity contribution < 1.29 is 19.4 Å². The Morgan fingerprint density at radius 2 is 2.42 bits per heavy atom. The number of ether oxygens (including phenoxy) is 2. The summed E-state index contributed by atoms with van der Waals surface area (Å²) in [6.45, 7) is 2.51. The summed E-state index contributed by atoms with van der Waals surface area (Å²) < 4.78 is 9.55. The molecule has 1 aliphatic heterocycles. The Labute approximate surface area is 71.5 Å². The zero-order chi connectivity index (χ0) is 9.19. The molecule has 1 aliphatic rings. The second-order valence-corrected chi connectivity index (χ2v) is 3.20. The molecule has 0 aromatic rings. The lowest BCUT2D eigenvalue weighted by molar-refractivity contribution is -0.166. The third kappa shape index (κ3) is 1.59. The fourth-order valence-electron chi connectivity index (χ4n) is 1.35. The summed E-state index contributed by atoms with van der Waals surface area (Å²) in [6.07, 6.45) is 0.710. The average molecular weight is 174 g/mol. The van der Waals surface area contributed by atoms with Gasteiger partial charge in [-0.25, -0.2) is 4.79 Å². The molecule has 1 heterocycles. The molecule has 1 saturated heterocycles. The summed E-state index contributed by atoms with van der Waals surface area (Å²) in [5.41, 5.74) is -1.40. The van der Waals surface area contributed by atoms with E-state index in [0.717, 1.165) is 0 Å². The summed E-state index contributed by atoms with van der Waals surface area (Å²) in [6, 6.07) is 0. The molecule has 0 aromatic heterocycles. The monoisotopic (exact) mass is 174 g/mol. The van der Waals surface area contributed by atoms with Crippen LogP contribution in [-0.4, -0.2) is 37.0 Å². The molecule has 2 unspecified atom stereocenters. The third-order valence-corrected chi connectivity index (χ3v) is 2.32. The molecule has 1 rings (SSSR count). The van der Waals surface area contributed by atoms with Gasteiger partial charge >= 0.3 is 5.97 Å². The fourth-order valence-corrected chi connectivity index (χ4v) is 1.35. The van der Waals surface area contributed by atoms with Crippen molar-refractivity contribution in [2.75, 3.05) is 20.3 Å². The van der Waals surface area contributed by atoms with Gasteiger partial charge in [0, 0.05) is 12.5 Å². The molecule has 0 saturated carbocycles. The van der Waals surface area contributed by atoms with Crippen molar-refractivity contribution in [2.45, 2.75) is 18.9 Å². The number of methoxy groups -OCH3 is 1. The number of rotatable bonds is 2. The van der Waals surface area contributed by atoms with Crippen LogP contribution in [-0.2, 0) is 14.3 Å². The van der Waals surface area contributed by atoms with E-state index in [4.69, 9.17) is 4.74 Å². The molecule has 4 nitrogen and oxygen atoms in total. The number of carbonyl (C=O) groups excluding carboxylic acids is 1. The minimum Gasteiger partial charge on any atom is -0.467 e. The zero-order valence-electron chi connectivity index (χ0n) is 7.37. The Hall–Kier alpha value is -0.610. The van der Waals surface area contributed by atoms with Gasteiger partial charge in [0.25, 0.3) is 0 Å². The molecule has 1 fully saturated rings. The Kier molecular flexibility index (Phi) is 2.69. The molecule has 70 valence electrons. The first kappa shape index (κ1) is 9.48. The normalized spacial score (nSPS) is 28.1. The molecule has 0 aromatic carbocycles. The summed E-state index contributed by atoms with van der Waals surface area (Å²) >= 11 is 0. The molecule has 1 N–H and O–H groups in total. The van der Waals surface area contributed by atoms with Crippen molar-refractivity contribution in [3.63, 3.8) is 0 Å². The predicted octanol–water partition coefficient (Wildman–Crippen LogP) is -0.0531. The van der Waals surface area contributed by atoms with Crippen molar-refractivity contribution in [1.82, 2.24) is 0 Å². The van der Waals surface area contributed by atoms with Gasteiger partial charge in [-0.15, -0.1) is 0 Å². The molecule has 4 heteroatoms. The van der Waals surface area contributed by atoms with Crippen LogP contribution >= 0.6 is 0 Å².